The van der Waals surface area contributed by atoms with E-state index in [1.54, 1.807) is 18.2 Å². The minimum Gasteiger partial charge on any atom is -0.489 e. The largest absolute Gasteiger partial charge is 0.489 e. The summed E-state index contributed by atoms with van der Waals surface area (Å²) < 4.78 is 24.6. The van der Waals surface area contributed by atoms with E-state index in [9.17, 15) is 4.79 Å². The first kappa shape index (κ1) is 20.3. The fraction of sp³-hybridized carbons (Fsp3) is 0.125. The molecule has 0 N–H and O–H groups in total. The van der Waals surface area contributed by atoms with Gasteiger partial charge in [0.15, 0.2) is 12.2 Å². The zero-order chi connectivity index (χ0) is 21.4. The molecule has 0 saturated carbocycles. The maximum Gasteiger partial charge on any atom is 0.200 e. The Hall–Kier alpha value is -2.61. The molecule has 5 nitrogen and oxygen atoms in total. The smallest absolute Gasteiger partial charge is 0.200 e. The molecule has 1 aromatic heterocycles. The Labute approximate surface area is 194 Å². The number of hydrogen-bond acceptors (Lipinski definition) is 5. The summed E-state index contributed by atoms with van der Waals surface area (Å²) in [6.45, 7) is 1.04. The second-order valence-electron chi connectivity index (χ2n) is 7.10. The Kier molecular flexibility index (Phi) is 5.56. The number of benzene rings is 3. The number of fused-ring (bicyclic) bond motifs is 2. The van der Waals surface area contributed by atoms with Gasteiger partial charge in [-0.3, -0.25) is 4.79 Å². The molecule has 31 heavy (non-hydrogen) atoms. The third kappa shape index (κ3) is 4.13. The average Bonchev–Trinajstić information content (AvgIpc) is 2.78. The van der Waals surface area contributed by atoms with Gasteiger partial charge in [0.05, 0.1) is 17.6 Å². The van der Waals surface area contributed by atoms with Crippen LogP contribution in [0.25, 0.3) is 22.1 Å². The molecule has 0 saturated heterocycles. The lowest BCUT2D eigenvalue weighted by molar-refractivity contribution is -0.0176. The average molecular weight is 544 g/mol. The molecule has 5 rings (SSSR count). The second kappa shape index (κ2) is 8.49. The molecule has 1 aliphatic rings. The molecular formula is C24H16Br2O5. The highest BCUT2D eigenvalue weighted by Crippen LogP contribution is 2.33. The van der Waals surface area contributed by atoms with Crippen LogP contribution in [0, 0.1) is 0 Å². The molecule has 0 spiro atoms. The highest BCUT2D eigenvalue weighted by Gasteiger charge is 2.17. The van der Waals surface area contributed by atoms with Crippen LogP contribution in [0.1, 0.15) is 11.1 Å². The van der Waals surface area contributed by atoms with Crippen molar-refractivity contribution in [2.45, 2.75) is 13.2 Å². The summed E-state index contributed by atoms with van der Waals surface area (Å²) in [5, 5.41) is 0.507. The monoisotopic (exact) mass is 542 g/mol. The van der Waals surface area contributed by atoms with E-state index in [0.29, 0.717) is 35.5 Å². The number of hydrogen-bond donors (Lipinski definition) is 0. The van der Waals surface area contributed by atoms with Crippen molar-refractivity contribution in [3.63, 3.8) is 0 Å². The highest BCUT2D eigenvalue weighted by atomic mass is 79.9. The summed E-state index contributed by atoms with van der Waals surface area (Å²) in [6.07, 6.45) is 1.50. The van der Waals surface area contributed by atoms with E-state index in [4.69, 9.17) is 18.6 Å². The Morgan fingerprint density at radius 1 is 0.968 bits per heavy atom. The Morgan fingerprint density at radius 3 is 2.65 bits per heavy atom. The molecular weight excluding hydrogens is 528 g/mol. The normalized spacial score (nSPS) is 13.0. The van der Waals surface area contributed by atoms with Gasteiger partial charge in [0.2, 0.25) is 0 Å². The van der Waals surface area contributed by atoms with Gasteiger partial charge in [-0.05, 0) is 42.0 Å². The van der Waals surface area contributed by atoms with Gasteiger partial charge in [0.1, 0.15) is 30.0 Å². The van der Waals surface area contributed by atoms with Gasteiger partial charge in [0, 0.05) is 26.1 Å². The van der Waals surface area contributed by atoms with Crippen molar-refractivity contribution in [1.29, 1.82) is 0 Å². The Balaban J connectivity index is 1.42. The second-order valence-corrected chi connectivity index (χ2v) is 8.93. The lowest BCUT2D eigenvalue weighted by Crippen LogP contribution is -2.14. The van der Waals surface area contributed by atoms with Crippen LogP contribution in [-0.2, 0) is 18.0 Å². The van der Waals surface area contributed by atoms with E-state index in [1.807, 2.05) is 36.4 Å². The maximum absolute atomic E-state index is 13.0. The van der Waals surface area contributed by atoms with Crippen LogP contribution in [0.15, 0.2) is 79.0 Å². The molecule has 0 aliphatic carbocycles. The van der Waals surface area contributed by atoms with Crippen LogP contribution < -0.4 is 14.9 Å². The molecule has 0 atom stereocenters. The van der Waals surface area contributed by atoms with Crippen LogP contribution in [0.3, 0.4) is 0 Å². The van der Waals surface area contributed by atoms with Crippen molar-refractivity contribution in [1.82, 2.24) is 0 Å². The minimum atomic E-state index is -0.0791. The van der Waals surface area contributed by atoms with E-state index in [2.05, 4.69) is 31.9 Å². The number of rotatable bonds is 4. The summed E-state index contributed by atoms with van der Waals surface area (Å²) in [4.78, 5) is 13.0. The van der Waals surface area contributed by atoms with Crippen molar-refractivity contribution in [3.8, 4) is 22.6 Å². The van der Waals surface area contributed by atoms with Crippen LogP contribution in [0.4, 0.5) is 0 Å². The van der Waals surface area contributed by atoms with E-state index in [0.717, 1.165) is 31.4 Å². The molecule has 0 bridgehead atoms. The predicted octanol–water partition coefficient (Wildman–Crippen LogP) is 6.43. The molecule has 0 unspecified atom stereocenters. The summed E-state index contributed by atoms with van der Waals surface area (Å²) >= 11 is 6.93. The zero-order valence-corrected chi connectivity index (χ0v) is 19.4. The quantitative estimate of drug-likeness (QED) is 0.297. The molecule has 0 fully saturated rings. The van der Waals surface area contributed by atoms with Crippen molar-refractivity contribution >= 4 is 42.8 Å². The van der Waals surface area contributed by atoms with Crippen molar-refractivity contribution in [2.75, 3.05) is 6.79 Å². The van der Waals surface area contributed by atoms with E-state index in [-0.39, 0.29) is 12.2 Å². The Bertz CT molecular complexity index is 1330. The minimum absolute atomic E-state index is 0.0791. The molecule has 0 amide bonds. The summed E-state index contributed by atoms with van der Waals surface area (Å²) in [5.74, 6) is 1.40. The summed E-state index contributed by atoms with van der Waals surface area (Å²) in [6, 6.07) is 16.7. The first-order valence-corrected chi connectivity index (χ1v) is 11.1. The van der Waals surface area contributed by atoms with Gasteiger partial charge in [-0.25, -0.2) is 0 Å². The van der Waals surface area contributed by atoms with E-state index in [1.165, 1.54) is 6.26 Å². The number of ether oxygens (including phenoxy) is 3. The van der Waals surface area contributed by atoms with Gasteiger partial charge in [-0.15, -0.1) is 0 Å². The lowest BCUT2D eigenvalue weighted by atomic mass is 10.1. The van der Waals surface area contributed by atoms with Gasteiger partial charge in [0.25, 0.3) is 0 Å². The predicted molar refractivity (Wildman–Crippen MR) is 124 cm³/mol. The van der Waals surface area contributed by atoms with Gasteiger partial charge in [-0.1, -0.05) is 44.0 Å². The summed E-state index contributed by atoms with van der Waals surface area (Å²) in [7, 11) is 0. The molecule has 4 aromatic rings. The fourth-order valence-corrected chi connectivity index (χ4v) is 4.37. The van der Waals surface area contributed by atoms with Crippen molar-refractivity contribution < 1.29 is 18.6 Å². The fourth-order valence-electron chi connectivity index (χ4n) is 3.55. The zero-order valence-electron chi connectivity index (χ0n) is 16.2. The van der Waals surface area contributed by atoms with Crippen molar-refractivity contribution in [3.05, 3.63) is 91.2 Å². The first-order valence-electron chi connectivity index (χ1n) is 9.54. The molecule has 0 radical (unpaired) electrons. The molecule has 156 valence electrons. The first-order chi connectivity index (χ1) is 15.1. The number of halogens is 2. The van der Waals surface area contributed by atoms with Crippen LogP contribution >= 0.6 is 31.9 Å². The highest BCUT2D eigenvalue weighted by molar-refractivity contribution is 9.10. The topological polar surface area (TPSA) is 57.9 Å². The Morgan fingerprint density at radius 2 is 1.81 bits per heavy atom. The van der Waals surface area contributed by atoms with Gasteiger partial charge in [-0.2, -0.15) is 0 Å². The SMILES string of the molecule is O=c1c(-c2ccc(Br)cc2)coc2cc(OCc3cc(Br)cc4c3OCOC4)ccc12. The summed E-state index contributed by atoms with van der Waals surface area (Å²) in [5.41, 5.74) is 3.62. The van der Waals surface area contributed by atoms with Crippen molar-refractivity contribution in [2.24, 2.45) is 0 Å². The molecule has 1 aliphatic heterocycles. The molecule has 2 heterocycles. The molecule has 7 heteroatoms. The van der Waals surface area contributed by atoms with Gasteiger partial charge < -0.3 is 18.6 Å². The van der Waals surface area contributed by atoms with Crippen LogP contribution in [0.5, 0.6) is 11.5 Å². The lowest BCUT2D eigenvalue weighted by Gasteiger charge is -2.21. The molecule has 3 aromatic carbocycles. The third-order valence-corrected chi connectivity index (χ3v) is 6.03. The van der Waals surface area contributed by atoms with Crippen LogP contribution in [-0.4, -0.2) is 6.79 Å². The van der Waals surface area contributed by atoms with Gasteiger partial charge >= 0.3 is 0 Å². The van der Waals surface area contributed by atoms with E-state index >= 15 is 0 Å². The van der Waals surface area contributed by atoms with Crippen LogP contribution in [0.2, 0.25) is 0 Å². The standard InChI is InChI=1S/C24H16Br2O5/c25-17-3-1-14(2-4-17)21-12-30-22-9-19(5-6-20(22)23(21)27)29-11-16-8-18(26)7-15-10-28-13-31-24(15)16/h1-9,12H,10-11,13H2. The third-order valence-electron chi connectivity index (χ3n) is 5.05. The van der Waals surface area contributed by atoms with E-state index < -0.39 is 0 Å². The maximum atomic E-state index is 13.0.